The van der Waals surface area contributed by atoms with Crippen molar-refractivity contribution < 1.29 is 14.3 Å². The Morgan fingerprint density at radius 2 is 2.05 bits per heavy atom. The van der Waals surface area contributed by atoms with Crippen LogP contribution in [-0.2, 0) is 6.42 Å². The number of pyridine rings is 1. The minimum Gasteiger partial charge on any atom is -0.478 e. The van der Waals surface area contributed by atoms with Crippen LogP contribution in [0.5, 0.6) is 0 Å². The lowest BCUT2D eigenvalue weighted by Crippen LogP contribution is -2.08. The number of carboxylic acid groups (broad SMARTS) is 1. The lowest BCUT2D eigenvalue weighted by Gasteiger charge is -2.07. The molecular formula is C14H12ClFN2O2. The van der Waals surface area contributed by atoms with E-state index < -0.39 is 5.97 Å². The van der Waals surface area contributed by atoms with Crippen LogP contribution in [-0.4, -0.2) is 22.6 Å². The molecule has 0 aliphatic carbocycles. The van der Waals surface area contributed by atoms with Crippen molar-refractivity contribution >= 4 is 23.4 Å². The van der Waals surface area contributed by atoms with E-state index >= 15 is 0 Å². The fourth-order valence-electron chi connectivity index (χ4n) is 1.69. The van der Waals surface area contributed by atoms with Crippen LogP contribution in [0.25, 0.3) is 0 Å². The molecule has 1 aromatic heterocycles. The number of hydrogen-bond acceptors (Lipinski definition) is 3. The third-order valence-electron chi connectivity index (χ3n) is 2.72. The SMILES string of the molecule is O=C(O)c1cc(NCCc2ccc(F)cc2)ncc1Cl. The maximum absolute atomic E-state index is 12.7. The number of rotatable bonds is 5. The van der Waals surface area contributed by atoms with Crippen LogP contribution in [0.3, 0.4) is 0 Å². The molecule has 0 aliphatic heterocycles. The molecule has 0 amide bonds. The average molecular weight is 295 g/mol. The summed E-state index contributed by atoms with van der Waals surface area (Å²) in [6.45, 7) is 0.555. The molecule has 2 N–H and O–H groups in total. The van der Waals surface area contributed by atoms with Gasteiger partial charge in [0.15, 0.2) is 0 Å². The third-order valence-corrected chi connectivity index (χ3v) is 3.02. The lowest BCUT2D eigenvalue weighted by atomic mass is 10.1. The molecule has 104 valence electrons. The number of benzene rings is 1. The summed E-state index contributed by atoms with van der Waals surface area (Å²) in [6, 6.07) is 7.59. The highest BCUT2D eigenvalue weighted by atomic mass is 35.5. The molecule has 2 rings (SSSR count). The molecule has 20 heavy (non-hydrogen) atoms. The van der Waals surface area contributed by atoms with Gasteiger partial charge < -0.3 is 10.4 Å². The first-order chi connectivity index (χ1) is 9.56. The molecule has 0 radical (unpaired) electrons. The summed E-state index contributed by atoms with van der Waals surface area (Å²) in [5.74, 6) is -0.930. The van der Waals surface area contributed by atoms with Crippen molar-refractivity contribution in [2.45, 2.75) is 6.42 Å². The average Bonchev–Trinajstić information content (AvgIpc) is 2.42. The standard InChI is InChI=1S/C14H12ClFN2O2/c15-12-8-18-13(7-11(12)14(19)20)17-6-5-9-1-3-10(16)4-2-9/h1-4,7-8H,5-6H2,(H,17,18)(H,19,20). The van der Waals surface area contributed by atoms with Crippen LogP contribution >= 0.6 is 11.6 Å². The number of carbonyl (C=O) groups is 1. The Labute approximate surface area is 120 Å². The number of halogens is 2. The predicted molar refractivity (Wildman–Crippen MR) is 74.8 cm³/mol. The lowest BCUT2D eigenvalue weighted by molar-refractivity contribution is 0.0697. The molecule has 0 aliphatic rings. The highest BCUT2D eigenvalue weighted by Crippen LogP contribution is 2.17. The van der Waals surface area contributed by atoms with E-state index in [0.29, 0.717) is 18.8 Å². The van der Waals surface area contributed by atoms with Crippen molar-refractivity contribution in [1.29, 1.82) is 0 Å². The van der Waals surface area contributed by atoms with E-state index in [9.17, 15) is 9.18 Å². The highest BCUT2D eigenvalue weighted by molar-refractivity contribution is 6.33. The summed E-state index contributed by atoms with van der Waals surface area (Å²) in [5.41, 5.74) is 0.984. The van der Waals surface area contributed by atoms with E-state index in [1.54, 1.807) is 12.1 Å². The number of nitrogens with zero attached hydrogens (tertiary/aromatic N) is 1. The Bertz CT molecular complexity index is 617. The monoisotopic (exact) mass is 294 g/mol. The van der Waals surface area contributed by atoms with Gasteiger partial charge in [-0.05, 0) is 30.2 Å². The van der Waals surface area contributed by atoms with E-state index in [4.69, 9.17) is 16.7 Å². The minimum absolute atomic E-state index is 0.00551. The van der Waals surface area contributed by atoms with Gasteiger partial charge >= 0.3 is 5.97 Å². The van der Waals surface area contributed by atoms with Crippen molar-refractivity contribution in [3.05, 3.63) is 58.5 Å². The molecule has 0 spiro atoms. The van der Waals surface area contributed by atoms with E-state index in [0.717, 1.165) is 5.56 Å². The molecule has 6 heteroatoms. The van der Waals surface area contributed by atoms with E-state index in [1.165, 1.54) is 24.4 Å². The van der Waals surface area contributed by atoms with Gasteiger partial charge in [0, 0.05) is 12.7 Å². The van der Waals surface area contributed by atoms with Gasteiger partial charge in [-0.15, -0.1) is 0 Å². The second kappa shape index (κ2) is 6.34. The maximum atomic E-state index is 12.7. The van der Waals surface area contributed by atoms with Crippen molar-refractivity contribution in [2.24, 2.45) is 0 Å². The van der Waals surface area contributed by atoms with Crippen molar-refractivity contribution in [3.8, 4) is 0 Å². The fourth-order valence-corrected chi connectivity index (χ4v) is 1.87. The number of hydrogen-bond donors (Lipinski definition) is 2. The second-order valence-electron chi connectivity index (χ2n) is 4.16. The summed E-state index contributed by atoms with van der Waals surface area (Å²) >= 11 is 5.73. The minimum atomic E-state index is -1.10. The Balaban J connectivity index is 1.96. The number of carboxylic acids is 1. The summed E-state index contributed by atoms with van der Waals surface area (Å²) in [5, 5.41) is 12.0. The first-order valence-electron chi connectivity index (χ1n) is 5.93. The summed E-state index contributed by atoms with van der Waals surface area (Å²) < 4.78 is 12.7. The fraction of sp³-hybridized carbons (Fsp3) is 0.143. The van der Waals surface area contributed by atoms with Crippen LogP contribution in [0.4, 0.5) is 10.2 Å². The van der Waals surface area contributed by atoms with E-state index in [2.05, 4.69) is 10.3 Å². The Hall–Kier alpha value is -2.14. The van der Waals surface area contributed by atoms with Gasteiger partial charge in [-0.3, -0.25) is 0 Å². The predicted octanol–water partition coefficient (Wildman–Crippen LogP) is 3.23. The van der Waals surface area contributed by atoms with Gasteiger partial charge in [-0.25, -0.2) is 14.2 Å². The first-order valence-corrected chi connectivity index (χ1v) is 6.31. The molecule has 0 saturated carbocycles. The second-order valence-corrected chi connectivity index (χ2v) is 4.56. The topological polar surface area (TPSA) is 62.2 Å². The molecule has 1 heterocycles. The van der Waals surface area contributed by atoms with Gasteiger partial charge in [-0.2, -0.15) is 0 Å². The van der Waals surface area contributed by atoms with Crippen molar-refractivity contribution in [3.63, 3.8) is 0 Å². The normalized spacial score (nSPS) is 10.3. The van der Waals surface area contributed by atoms with Gasteiger partial charge in [0.1, 0.15) is 11.6 Å². The first kappa shape index (κ1) is 14.3. The van der Waals surface area contributed by atoms with Gasteiger partial charge in [0.25, 0.3) is 0 Å². The molecule has 0 saturated heterocycles. The molecule has 2 aromatic rings. The summed E-state index contributed by atoms with van der Waals surface area (Å²) in [4.78, 5) is 14.9. The van der Waals surface area contributed by atoms with Crippen LogP contribution in [0, 0.1) is 5.82 Å². The smallest absolute Gasteiger partial charge is 0.337 e. The summed E-state index contributed by atoms with van der Waals surface area (Å²) in [7, 11) is 0. The van der Waals surface area contributed by atoms with Crippen LogP contribution in [0.2, 0.25) is 5.02 Å². The number of aromatic nitrogens is 1. The highest BCUT2D eigenvalue weighted by Gasteiger charge is 2.10. The van der Waals surface area contributed by atoms with Crippen molar-refractivity contribution in [2.75, 3.05) is 11.9 Å². The van der Waals surface area contributed by atoms with E-state index in [1.807, 2.05) is 0 Å². The molecule has 1 aromatic carbocycles. The Morgan fingerprint density at radius 1 is 1.35 bits per heavy atom. The Kier molecular flexibility index (Phi) is 4.53. The molecule has 4 nitrogen and oxygen atoms in total. The van der Waals surface area contributed by atoms with Gasteiger partial charge in [0.2, 0.25) is 0 Å². The maximum Gasteiger partial charge on any atom is 0.337 e. The molecule has 0 atom stereocenters. The number of nitrogens with one attached hydrogen (secondary N) is 1. The zero-order valence-electron chi connectivity index (χ0n) is 10.4. The van der Waals surface area contributed by atoms with Crippen LogP contribution in [0.1, 0.15) is 15.9 Å². The summed E-state index contributed by atoms with van der Waals surface area (Å²) in [6.07, 6.45) is 1.97. The van der Waals surface area contributed by atoms with Gasteiger partial charge in [-0.1, -0.05) is 23.7 Å². The zero-order valence-corrected chi connectivity index (χ0v) is 11.2. The molecule has 0 fully saturated rings. The third kappa shape index (κ3) is 3.68. The Morgan fingerprint density at radius 3 is 2.70 bits per heavy atom. The van der Waals surface area contributed by atoms with E-state index in [-0.39, 0.29) is 16.4 Å². The van der Waals surface area contributed by atoms with Crippen molar-refractivity contribution in [1.82, 2.24) is 4.98 Å². The number of aromatic carboxylic acids is 1. The largest absolute Gasteiger partial charge is 0.478 e. The van der Waals surface area contributed by atoms with Crippen LogP contribution < -0.4 is 5.32 Å². The number of anilines is 1. The van der Waals surface area contributed by atoms with Crippen LogP contribution in [0.15, 0.2) is 36.5 Å². The van der Waals surface area contributed by atoms with Gasteiger partial charge in [0.05, 0.1) is 10.6 Å². The molecule has 0 unspecified atom stereocenters. The molecular weight excluding hydrogens is 283 g/mol. The molecule has 0 bridgehead atoms. The quantitative estimate of drug-likeness (QED) is 0.889. The zero-order chi connectivity index (χ0) is 14.5.